The van der Waals surface area contributed by atoms with E-state index < -0.39 is 0 Å². The monoisotopic (exact) mass is 464 g/mol. The lowest BCUT2D eigenvalue weighted by Gasteiger charge is -2.14. The molecule has 0 saturated carbocycles. The summed E-state index contributed by atoms with van der Waals surface area (Å²) < 4.78 is 10.5. The molecule has 0 saturated heterocycles. The van der Waals surface area contributed by atoms with Crippen molar-refractivity contribution in [2.24, 2.45) is 0 Å². The van der Waals surface area contributed by atoms with Crippen LogP contribution in [0, 0.1) is 5.41 Å². The van der Waals surface area contributed by atoms with Gasteiger partial charge in [-0.3, -0.25) is 19.9 Å². The molecule has 2 amide bonds. The van der Waals surface area contributed by atoms with E-state index in [1.54, 1.807) is 31.4 Å². The smallest absolute Gasteiger partial charge is 0.261 e. The van der Waals surface area contributed by atoms with Gasteiger partial charge in [-0.15, -0.1) is 12.4 Å². The van der Waals surface area contributed by atoms with Crippen molar-refractivity contribution < 1.29 is 19.1 Å². The van der Waals surface area contributed by atoms with Gasteiger partial charge in [-0.25, -0.2) is 0 Å². The first kappa shape index (κ1) is 24.0. The largest absolute Gasteiger partial charge is 0.496 e. The van der Waals surface area contributed by atoms with Crippen LogP contribution in [0.4, 0.5) is 0 Å². The summed E-state index contributed by atoms with van der Waals surface area (Å²) in [4.78, 5) is 26.4. The number of methoxy groups -OCH3 is 2. The SMILES string of the molecule is COC(=N)c1ccc(OC)c(CCc2ccc(CN3C(=O)c4ccccc4C3=O)cc2)c1.Cl. The highest BCUT2D eigenvalue weighted by atomic mass is 35.5. The highest BCUT2D eigenvalue weighted by Crippen LogP contribution is 2.25. The van der Waals surface area contributed by atoms with Crippen LogP contribution in [-0.2, 0) is 24.1 Å². The minimum atomic E-state index is -0.247. The van der Waals surface area contributed by atoms with E-state index in [0.29, 0.717) is 16.7 Å². The highest BCUT2D eigenvalue weighted by molar-refractivity contribution is 6.21. The molecule has 1 heterocycles. The molecule has 7 heteroatoms. The third-order valence-corrected chi connectivity index (χ3v) is 5.67. The average Bonchev–Trinajstić information content (AvgIpc) is 3.07. The second kappa shape index (κ2) is 10.3. The van der Waals surface area contributed by atoms with Crippen LogP contribution in [0.5, 0.6) is 5.75 Å². The molecule has 1 aliphatic rings. The van der Waals surface area contributed by atoms with Crippen LogP contribution >= 0.6 is 12.4 Å². The number of imide groups is 1. The number of rotatable bonds is 7. The molecular formula is C26H25ClN2O4. The number of aryl methyl sites for hydroxylation is 2. The summed E-state index contributed by atoms with van der Waals surface area (Å²) in [6, 6.07) is 20.4. The maximum absolute atomic E-state index is 12.6. The van der Waals surface area contributed by atoms with Gasteiger partial charge in [-0.1, -0.05) is 36.4 Å². The fourth-order valence-corrected chi connectivity index (χ4v) is 3.89. The summed E-state index contributed by atoms with van der Waals surface area (Å²) in [6.07, 6.45) is 1.53. The zero-order chi connectivity index (χ0) is 22.7. The normalized spacial score (nSPS) is 12.2. The number of carbonyl (C=O) groups excluding carboxylic acids is 2. The Kier molecular flexibility index (Phi) is 7.51. The van der Waals surface area contributed by atoms with Crippen molar-refractivity contribution in [1.82, 2.24) is 4.90 Å². The van der Waals surface area contributed by atoms with Gasteiger partial charge in [0, 0.05) is 5.56 Å². The first-order valence-electron chi connectivity index (χ1n) is 10.3. The van der Waals surface area contributed by atoms with Gasteiger partial charge in [-0.2, -0.15) is 0 Å². The third-order valence-electron chi connectivity index (χ3n) is 5.67. The Morgan fingerprint density at radius 3 is 2.03 bits per heavy atom. The van der Waals surface area contributed by atoms with Crippen molar-refractivity contribution in [2.75, 3.05) is 14.2 Å². The first-order chi connectivity index (χ1) is 15.5. The molecule has 1 aliphatic heterocycles. The van der Waals surface area contributed by atoms with Gasteiger partial charge in [-0.05, 0) is 59.9 Å². The lowest BCUT2D eigenvalue weighted by atomic mass is 10.0. The van der Waals surface area contributed by atoms with Gasteiger partial charge in [0.15, 0.2) is 0 Å². The van der Waals surface area contributed by atoms with Crippen LogP contribution in [0.2, 0.25) is 0 Å². The van der Waals surface area contributed by atoms with Crippen LogP contribution < -0.4 is 4.74 Å². The molecule has 170 valence electrons. The maximum Gasteiger partial charge on any atom is 0.261 e. The number of hydrogen-bond acceptors (Lipinski definition) is 5. The van der Waals surface area contributed by atoms with Crippen LogP contribution in [-0.4, -0.2) is 36.8 Å². The molecule has 0 bridgehead atoms. The lowest BCUT2D eigenvalue weighted by Crippen LogP contribution is -2.29. The Balaban J connectivity index is 0.00000306. The maximum atomic E-state index is 12.6. The molecule has 0 aliphatic carbocycles. The number of nitrogens with zero attached hydrogens (tertiary/aromatic N) is 1. The van der Waals surface area contributed by atoms with Crippen LogP contribution in [0.15, 0.2) is 66.7 Å². The molecule has 0 radical (unpaired) electrons. The van der Waals surface area contributed by atoms with E-state index in [2.05, 4.69) is 0 Å². The molecule has 0 unspecified atom stereocenters. The van der Waals surface area contributed by atoms with E-state index in [9.17, 15) is 9.59 Å². The molecule has 0 spiro atoms. The van der Waals surface area contributed by atoms with E-state index in [4.69, 9.17) is 14.9 Å². The number of nitrogens with one attached hydrogen (secondary N) is 1. The molecule has 3 aromatic rings. The average molecular weight is 465 g/mol. The number of benzene rings is 3. The van der Waals surface area contributed by atoms with E-state index >= 15 is 0 Å². The summed E-state index contributed by atoms with van der Waals surface area (Å²) in [5.41, 5.74) is 4.67. The lowest BCUT2D eigenvalue weighted by molar-refractivity contribution is 0.0642. The summed E-state index contributed by atoms with van der Waals surface area (Å²) in [7, 11) is 3.12. The van der Waals surface area contributed by atoms with Gasteiger partial charge < -0.3 is 9.47 Å². The Hall–Kier alpha value is -3.64. The minimum Gasteiger partial charge on any atom is -0.496 e. The zero-order valence-electron chi connectivity index (χ0n) is 18.5. The summed E-state index contributed by atoms with van der Waals surface area (Å²) in [6.45, 7) is 0.252. The van der Waals surface area contributed by atoms with Crippen molar-refractivity contribution in [3.63, 3.8) is 0 Å². The molecule has 4 rings (SSSR count). The molecule has 33 heavy (non-hydrogen) atoms. The van der Waals surface area contributed by atoms with Crippen LogP contribution in [0.25, 0.3) is 0 Å². The Morgan fingerprint density at radius 2 is 1.45 bits per heavy atom. The van der Waals surface area contributed by atoms with Crippen LogP contribution in [0.1, 0.15) is 43.0 Å². The van der Waals surface area contributed by atoms with Crippen molar-refractivity contribution in [3.05, 3.63) is 100 Å². The number of ether oxygens (including phenoxy) is 2. The fraction of sp³-hybridized carbons (Fsp3) is 0.192. The Labute approximate surface area is 199 Å². The molecule has 0 fully saturated rings. The number of halogens is 1. The molecule has 0 aromatic heterocycles. The van der Waals surface area contributed by atoms with Gasteiger partial charge in [0.05, 0.1) is 31.9 Å². The summed E-state index contributed by atoms with van der Waals surface area (Å²) in [5.74, 6) is 0.401. The first-order valence-corrected chi connectivity index (χ1v) is 10.3. The molecule has 1 N–H and O–H groups in total. The van der Waals surface area contributed by atoms with Gasteiger partial charge in [0.25, 0.3) is 11.8 Å². The number of carbonyl (C=O) groups is 2. The second-order valence-electron chi connectivity index (χ2n) is 7.62. The quantitative estimate of drug-likeness (QED) is 0.313. The summed E-state index contributed by atoms with van der Waals surface area (Å²) >= 11 is 0. The number of hydrogen-bond donors (Lipinski definition) is 1. The van der Waals surface area contributed by atoms with Crippen molar-refractivity contribution >= 4 is 30.1 Å². The van der Waals surface area contributed by atoms with Gasteiger partial charge >= 0.3 is 0 Å². The van der Waals surface area contributed by atoms with Crippen molar-refractivity contribution in [1.29, 1.82) is 5.41 Å². The molecule has 6 nitrogen and oxygen atoms in total. The summed E-state index contributed by atoms with van der Waals surface area (Å²) in [5, 5.41) is 7.87. The second-order valence-corrected chi connectivity index (χ2v) is 7.62. The van der Waals surface area contributed by atoms with Crippen LogP contribution in [0.3, 0.4) is 0 Å². The number of amides is 2. The Morgan fingerprint density at radius 1 is 0.848 bits per heavy atom. The van der Waals surface area contributed by atoms with Gasteiger partial charge in [0.2, 0.25) is 5.90 Å². The Bertz CT molecular complexity index is 1160. The molecule has 0 atom stereocenters. The topological polar surface area (TPSA) is 79.7 Å². The predicted molar refractivity (Wildman–Crippen MR) is 129 cm³/mol. The predicted octanol–water partition coefficient (Wildman–Crippen LogP) is 4.67. The zero-order valence-corrected chi connectivity index (χ0v) is 19.3. The van der Waals surface area contributed by atoms with Crippen molar-refractivity contribution in [2.45, 2.75) is 19.4 Å². The van der Waals surface area contributed by atoms with Crippen molar-refractivity contribution in [3.8, 4) is 5.75 Å². The highest BCUT2D eigenvalue weighted by Gasteiger charge is 2.34. The van der Waals surface area contributed by atoms with E-state index in [0.717, 1.165) is 35.3 Å². The van der Waals surface area contributed by atoms with Gasteiger partial charge in [0.1, 0.15) is 5.75 Å². The minimum absolute atomic E-state index is 0. The van der Waals surface area contributed by atoms with E-state index in [1.165, 1.54) is 12.0 Å². The van der Waals surface area contributed by atoms with E-state index in [1.807, 2.05) is 42.5 Å². The molecular weight excluding hydrogens is 440 g/mol. The standard InChI is InChI=1S/C26H24N2O4.ClH/c1-31-23-14-13-20(24(27)32-2)15-19(23)12-11-17-7-9-18(10-8-17)16-28-25(29)21-5-3-4-6-22(21)26(28)30;/h3-10,13-15,27H,11-12,16H2,1-2H3;1H. The fourth-order valence-electron chi connectivity index (χ4n) is 3.89. The third kappa shape index (κ3) is 4.91. The molecule has 3 aromatic carbocycles. The number of fused-ring (bicyclic) bond motifs is 1. The van der Waals surface area contributed by atoms with E-state index in [-0.39, 0.29) is 36.7 Å².